The standard InChI is InChI=1S/C10H7.BrH.FH.Mg/c1-2-6-10-8-4-3-7-9(10)5-1;;;/h1-7H;2*1H;/q-1;;;+2/p-1. The van der Waals surface area contributed by atoms with Gasteiger partial charge in [0, 0.05) is 0 Å². The molecule has 0 aliphatic rings. The fourth-order valence-electron chi connectivity index (χ4n) is 1.06. The van der Waals surface area contributed by atoms with E-state index < -0.39 is 0 Å². The van der Waals surface area contributed by atoms with Gasteiger partial charge in [0.15, 0.2) is 0 Å². The Labute approximate surface area is 104 Å². The molecule has 0 atom stereocenters. The maximum Gasteiger partial charge on any atom is 2.00 e. The van der Waals surface area contributed by atoms with Crippen LogP contribution in [0.5, 0.6) is 0 Å². The summed E-state index contributed by atoms with van der Waals surface area (Å²) >= 11 is 0. The van der Waals surface area contributed by atoms with Gasteiger partial charge >= 0.3 is 23.1 Å². The van der Waals surface area contributed by atoms with E-state index in [4.69, 9.17) is 0 Å². The van der Waals surface area contributed by atoms with E-state index in [1.807, 2.05) is 24.3 Å². The minimum absolute atomic E-state index is 0. The molecule has 64 valence electrons. The van der Waals surface area contributed by atoms with Gasteiger partial charge in [0.1, 0.15) is 0 Å². The van der Waals surface area contributed by atoms with Gasteiger partial charge in [0.25, 0.3) is 0 Å². The molecule has 3 heteroatoms. The first-order valence-electron chi connectivity index (χ1n) is 3.32. The number of benzene rings is 2. The summed E-state index contributed by atoms with van der Waals surface area (Å²) in [5.74, 6) is 0. The molecule has 0 radical (unpaired) electrons. The van der Waals surface area contributed by atoms with Crippen molar-refractivity contribution in [3.8, 4) is 0 Å². The molecule has 0 unspecified atom stereocenters. The molecule has 13 heavy (non-hydrogen) atoms. The fraction of sp³-hybridized carbons (Fsp3) is 0. The van der Waals surface area contributed by atoms with Crippen LogP contribution < -0.4 is 4.70 Å². The van der Waals surface area contributed by atoms with Gasteiger partial charge in [-0.1, -0.05) is 12.1 Å². The molecule has 2 aromatic carbocycles. The third kappa shape index (κ3) is 3.63. The average Bonchev–Trinajstić information content (AvgIpc) is 2.05. The smallest absolute Gasteiger partial charge is 1.00 e. The summed E-state index contributed by atoms with van der Waals surface area (Å²) < 4.78 is 0. The Morgan fingerprint density at radius 2 is 1.54 bits per heavy atom. The molecular formula is C10H8BrFMg. The average molecular weight is 251 g/mol. The Kier molecular flexibility index (Phi) is 8.62. The first kappa shape index (κ1) is 15.4. The summed E-state index contributed by atoms with van der Waals surface area (Å²) in [5.41, 5.74) is 0. The minimum Gasteiger partial charge on any atom is -1.00 e. The maximum absolute atomic E-state index is 3.15. The summed E-state index contributed by atoms with van der Waals surface area (Å²) in [6.07, 6.45) is 0. The normalized spacial score (nSPS) is 7.69. The summed E-state index contributed by atoms with van der Waals surface area (Å²) in [6.45, 7) is 0. The summed E-state index contributed by atoms with van der Waals surface area (Å²) in [5, 5.41) is 2.44. The second kappa shape index (κ2) is 7.30. The molecule has 0 bridgehead atoms. The van der Waals surface area contributed by atoms with Crippen LogP contribution in [0.2, 0.25) is 0 Å². The van der Waals surface area contributed by atoms with E-state index in [0.29, 0.717) is 0 Å². The number of rotatable bonds is 0. The summed E-state index contributed by atoms with van der Waals surface area (Å²) in [7, 11) is 0. The van der Waals surface area contributed by atoms with Gasteiger partial charge in [-0.15, -0.1) is 64.2 Å². The SMILES string of the molecule is Br.[F-].[Mg+2].[c-]1cccc2ccccc12. The first-order chi connectivity index (χ1) is 4.97. The summed E-state index contributed by atoms with van der Waals surface area (Å²) in [6, 6.07) is 17.4. The monoisotopic (exact) mass is 250 g/mol. The molecule has 0 saturated heterocycles. The van der Waals surface area contributed by atoms with Gasteiger partial charge in [0.05, 0.1) is 0 Å². The van der Waals surface area contributed by atoms with Crippen LogP contribution in [-0.4, -0.2) is 23.1 Å². The number of halogens is 2. The molecular weight excluding hydrogens is 243 g/mol. The largest absolute Gasteiger partial charge is 2.00 e. The molecule has 0 N–H and O–H groups in total. The molecule has 0 fully saturated rings. The van der Waals surface area contributed by atoms with Gasteiger partial charge in [-0.3, -0.25) is 0 Å². The molecule has 0 heterocycles. The number of hydrogen-bond acceptors (Lipinski definition) is 0. The van der Waals surface area contributed by atoms with Crippen LogP contribution in [0.25, 0.3) is 10.8 Å². The predicted molar refractivity (Wildman–Crippen MR) is 58.9 cm³/mol. The Bertz CT molecular complexity index is 286. The van der Waals surface area contributed by atoms with Gasteiger partial charge in [-0.05, 0) is 0 Å². The Morgan fingerprint density at radius 3 is 2.23 bits per heavy atom. The molecule has 0 aromatic heterocycles. The predicted octanol–water partition coefficient (Wildman–Crippen LogP) is -0.159. The number of hydrogen-bond donors (Lipinski definition) is 0. The van der Waals surface area contributed by atoms with Crippen molar-refractivity contribution in [2.45, 2.75) is 0 Å². The van der Waals surface area contributed by atoms with Gasteiger partial charge in [0.2, 0.25) is 0 Å². The van der Waals surface area contributed by atoms with Crippen molar-refractivity contribution < 1.29 is 4.70 Å². The number of fused-ring (bicyclic) bond motifs is 1. The fourth-order valence-corrected chi connectivity index (χ4v) is 1.06. The van der Waals surface area contributed by atoms with E-state index in [0.717, 1.165) is 0 Å². The second-order valence-corrected chi connectivity index (χ2v) is 2.26. The van der Waals surface area contributed by atoms with Crippen LogP contribution >= 0.6 is 17.0 Å². The zero-order valence-electron chi connectivity index (χ0n) is 7.03. The third-order valence-electron chi connectivity index (χ3n) is 1.57. The summed E-state index contributed by atoms with van der Waals surface area (Å²) in [4.78, 5) is 0. The van der Waals surface area contributed by atoms with Crippen molar-refractivity contribution in [1.29, 1.82) is 0 Å². The van der Waals surface area contributed by atoms with Gasteiger partial charge in [-0.25, -0.2) is 0 Å². The van der Waals surface area contributed by atoms with Crippen LogP contribution in [0.15, 0.2) is 42.5 Å². The van der Waals surface area contributed by atoms with Crippen LogP contribution in [-0.2, 0) is 0 Å². The third-order valence-corrected chi connectivity index (χ3v) is 1.57. The van der Waals surface area contributed by atoms with Crippen molar-refractivity contribution in [2.75, 3.05) is 0 Å². The van der Waals surface area contributed by atoms with E-state index in [9.17, 15) is 0 Å². The second-order valence-electron chi connectivity index (χ2n) is 2.26. The minimum atomic E-state index is 0. The van der Waals surface area contributed by atoms with Crippen molar-refractivity contribution in [2.24, 2.45) is 0 Å². The Hall–Kier alpha value is -0.124. The van der Waals surface area contributed by atoms with Crippen LogP contribution in [0.1, 0.15) is 0 Å². The quantitative estimate of drug-likeness (QED) is 0.451. The van der Waals surface area contributed by atoms with Gasteiger partial charge in [-0.2, -0.15) is 0 Å². The maximum atomic E-state index is 3.15. The molecule has 2 rings (SSSR count). The zero-order chi connectivity index (χ0) is 6.81. The Morgan fingerprint density at radius 1 is 0.923 bits per heavy atom. The molecule has 2 aromatic rings. The van der Waals surface area contributed by atoms with Crippen molar-refractivity contribution >= 4 is 50.8 Å². The molecule has 0 spiro atoms. The van der Waals surface area contributed by atoms with Crippen LogP contribution in [0, 0.1) is 6.07 Å². The first-order valence-corrected chi connectivity index (χ1v) is 3.32. The van der Waals surface area contributed by atoms with Crippen molar-refractivity contribution in [3.63, 3.8) is 0 Å². The molecule has 0 nitrogen and oxygen atoms in total. The molecule has 0 amide bonds. The van der Waals surface area contributed by atoms with E-state index in [2.05, 4.69) is 24.3 Å². The Balaban J connectivity index is 0. The zero-order valence-corrected chi connectivity index (χ0v) is 10.2. The molecule has 0 aliphatic carbocycles. The van der Waals surface area contributed by atoms with E-state index >= 15 is 0 Å². The van der Waals surface area contributed by atoms with E-state index in [1.165, 1.54) is 10.8 Å². The molecule has 0 saturated carbocycles. The topological polar surface area (TPSA) is 0 Å². The van der Waals surface area contributed by atoms with Gasteiger partial charge < -0.3 is 4.70 Å². The van der Waals surface area contributed by atoms with Crippen LogP contribution in [0.4, 0.5) is 0 Å². The van der Waals surface area contributed by atoms with Crippen molar-refractivity contribution in [1.82, 2.24) is 0 Å². The van der Waals surface area contributed by atoms with E-state index in [-0.39, 0.29) is 44.7 Å². The van der Waals surface area contributed by atoms with E-state index in [1.54, 1.807) is 0 Å². The van der Waals surface area contributed by atoms with Crippen molar-refractivity contribution in [3.05, 3.63) is 48.5 Å². The van der Waals surface area contributed by atoms with Crippen LogP contribution in [0.3, 0.4) is 0 Å². The molecule has 0 aliphatic heterocycles.